The largest absolute Gasteiger partial charge is 0.477 e. The molecule has 12 nitrogen and oxygen atoms in total. The highest BCUT2D eigenvalue weighted by atomic mass is 32.1. The van der Waals surface area contributed by atoms with Gasteiger partial charge in [-0.2, -0.15) is 10.2 Å². The second kappa shape index (κ2) is 10.2. The lowest BCUT2D eigenvalue weighted by Crippen LogP contribution is -2.35. The lowest BCUT2D eigenvalue weighted by molar-refractivity contribution is 0.0345. The number of ether oxygens (including phenoxy) is 2. The molecule has 1 saturated heterocycles. The van der Waals surface area contributed by atoms with Gasteiger partial charge in [-0.1, -0.05) is 0 Å². The highest BCUT2D eigenvalue weighted by Gasteiger charge is 2.23. The topological polar surface area (TPSA) is 121 Å². The number of rotatable bonds is 3. The van der Waals surface area contributed by atoms with E-state index in [1.165, 1.54) is 4.88 Å². The molecular formula is C27H30N10O2S. The van der Waals surface area contributed by atoms with E-state index in [-0.39, 0.29) is 6.04 Å². The maximum atomic E-state index is 6.23. The standard InChI is InChI=1S/C27H30N10O2S/c1-16-5-9-39-27-19(14-30-35(27)3)25-28-6-4-22(33-25)32-23-12-20-18(13-29-23)24(34-37(16)20)26-31-17(2)21(40-26)15-36-7-10-38-11-8-36/h4,6,12-14,16H,5,7-11,15H2,1-3H3,(H,28,29,32,33)/t16-/m0/s1. The monoisotopic (exact) mass is 558 g/mol. The van der Waals surface area contributed by atoms with E-state index >= 15 is 0 Å². The lowest BCUT2D eigenvalue weighted by Gasteiger charge is -2.26. The van der Waals surface area contributed by atoms with Gasteiger partial charge < -0.3 is 14.8 Å². The molecule has 4 bridgehead atoms. The smallest absolute Gasteiger partial charge is 0.222 e. The van der Waals surface area contributed by atoms with Gasteiger partial charge in [-0.05, 0) is 19.9 Å². The summed E-state index contributed by atoms with van der Waals surface area (Å²) in [5.41, 5.74) is 3.63. The Morgan fingerprint density at radius 1 is 1.10 bits per heavy atom. The fourth-order valence-corrected chi connectivity index (χ4v) is 6.23. The van der Waals surface area contributed by atoms with Crippen molar-refractivity contribution in [3.05, 3.63) is 41.3 Å². The van der Waals surface area contributed by atoms with Crippen LogP contribution in [0.15, 0.2) is 30.7 Å². The molecule has 0 amide bonds. The van der Waals surface area contributed by atoms with E-state index in [0.29, 0.717) is 29.9 Å². The second-order valence-corrected chi connectivity index (χ2v) is 11.2. The van der Waals surface area contributed by atoms with E-state index in [4.69, 9.17) is 29.5 Å². The maximum Gasteiger partial charge on any atom is 0.222 e. The number of aromatic nitrogens is 8. The number of hydrogen-bond acceptors (Lipinski definition) is 11. The molecule has 5 aromatic heterocycles. The minimum atomic E-state index is 0.0640. The summed E-state index contributed by atoms with van der Waals surface area (Å²) in [7, 11) is 1.86. The molecule has 0 spiro atoms. The van der Waals surface area contributed by atoms with E-state index in [1.807, 2.05) is 25.4 Å². The summed E-state index contributed by atoms with van der Waals surface area (Å²) < 4.78 is 15.5. The molecule has 1 fully saturated rings. The number of thiazole rings is 1. The molecule has 206 valence electrons. The molecular weight excluding hydrogens is 528 g/mol. The highest BCUT2D eigenvalue weighted by Crippen LogP contribution is 2.36. The van der Waals surface area contributed by atoms with Crippen LogP contribution in [0, 0.1) is 6.92 Å². The molecule has 13 heteroatoms. The van der Waals surface area contributed by atoms with Gasteiger partial charge >= 0.3 is 0 Å². The Morgan fingerprint density at radius 2 is 1.98 bits per heavy atom. The van der Waals surface area contributed by atoms with Crippen molar-refractivity contribution in [3.63, 3.8) is 0 Å². The van der Waals surface area contributed by atoms with Crippen molar-refractivity contribution in [2.24, 2.45) is 7.05 Å². The molecule has 2 aliphatic rings. The summed E-state index contributed by atoms with van der Waals surface area (Å²) in [6.07, 6.45) is 6.07. The van der Waals surface area contributed by atoms with Crippen molar-refractivity contribution >= 4 is 33.9 Å². The van der Waals surface area contributed by atoms with Crippen molar-refractivity contribution < 1.29 is 9.47 Å². The Labute approximate surface area is 235 Å². The molecule has 40 heavy (non-hydrogen) atoms. The Kier molecular flexibility index (Phi) is 6.41. The van der Waals surface area contributed by atoms with Gasteiger partial charge in [-0.25, -0.2) is 24.6 Å². The normalized spacial score (nSPS) is 17.8. The van der Waals surface area contributed by atoms with E-state index in [1.54, 1.807) is 28.4 Å². The minimum Gasteiger partial charge on any atom is -0.477 e. The fourth-order valence-electron chi connectivity index (χ4n) is 5.12. The Hall–Kier alpha value is -3.94. The molecule has 2 aliphatic heterocycles. The molecule has 0 aromatic carbocycles. The third-order valence-corrected chi connectivity index (χ3v) is 8.54. The van der Waals surface area contributed by atoms with Crippen molar-refractivity contribution in [1.29, 1.82) is 0 Å². The van der Waals surface area contributed by atoms with Crippen LogP contribution >= 0.6 is 11.3 Å². The number of pyridine rings is 1. The van der Waals surface area contributed by atoms with Gasteiger partial charge in [-0.3, -0.25) is 9.58 Å². The molecule has 0 saturated carbocycles. The highest BCUT2D eigenvalue weighted by molar-refractivity contribution is 7.15. The Bertz CT molecular complexity index is 1690. The zero-order valence-corrected chi connectivity index (χ0v) is 23.5. The fraction of sp³-hybridized carbons (Fsp3) is 0.407. The first-order chi connectivity index (χ1) is 19.5. The third-order valence-electron chi connectivity index (χ3n) is 7.39. The van der Waals surface area contributed by atoms with E-state index in [2.05, 4.69) is 38.8 Å². The summed E-state index contributed by atoms with van der Waals surface area (Å²) in [6.45, 7) is 9.05. The van der Waals surface area contributed by atoms with E-state index < -0.39 is 0 Å². The van der Waals surface area contributed by atoms with E-state index in [0.717, 1.165) is 72.1 Å². The number of aryl methyl sites for hydroxylation is 2. The van der Waals surface area contributed by atoms with Crippen LogP contribution < -0.4 is 10.1 Å². The van der Waals surface area contributed by atoms with Crippen molar-refractivity contribution in [2.45, 2.75) is 32.9 Å². The third kappa shape index (κ3) is 4.59. The van der Waals surface area contributed by atoms with E-state index in [9.17, 15) is 0 Å². The van der Waals surface area contributed by atoms with Crippen LogP contribution in [0.1, 0.15) is 30.0 Å². The first kappa shape index (κ1) is 25.1. The average molecular weight is 559 g/mol. The number of morpholine rings is 1. The van der Waals surface area contributed by atoms with Gasteiger partial charge in [0.2, 0.25) is 5.88 Å². The van der Waals surface area contributed by atoms with Crippen LogP contribution in [0.3, 0.4) is 0 Å². The molecule has 5 aromatic rings. The maximum absolute atomic E-state index is 6.23. The summed E-state index contributed by atoms with van der Waals surface area (Å²) in [6, 6.07) is 3.91. The van der Waals surface area contributed by atoms with Gasteiger partial charge in [0.05, 0.1) is 43.3 Å². The van der Waals surface area contributed by atoms with Crippen molar-refractivity contribution in [3.8, 4) is 28.0 Å². The van der Waals surface area contributed by atoms with Crippen LogP contribution in [0.5, 0.6) is 5.88 Å². The first-order valence-corrected chi connectivity index (χ1v) is 14.3. The lowest BCUT2D eigenvalue weighted by atomic mass is 10.2. The quantitative estimate of drug-likeness (QED) is 0.348. The van der Waals surface area contributed by atoms with Crippen LogP contribution in [0.25, 0.3) is 33.0 Å². The number of anilines is 2. The van der Waals surface area contributed by atoms with Gasteiger partial charge in [-0.15, -0.1) is 11.3 Å². The van der Waals surface area contributed by atoms with Gasteiger partial charge in [0.25, 0.3) is 0 Å². The van der Waals surface area contributed by atoms with Crippen molar-refractivity contribution in [1.82, 2.24) is 44.4 Å². The molecule has 7 heterocycles. The predicted molar refractivity (Wildman–Crippen MR) is 152 cm³/mol. The minimum absolute atomic E-state index is 0.0640. The summed E-state index contributed by atoms with van der Waals surface area (Å²) in [5.74, 6) is 2.49. The summed E-state index contributed by atoms with van der Waals surface area (Å²) in [5, 5.41) is 14.7. The Morgan fingerprint density at radius 3 is 2.85 bits per heavy atom. The second-order valence-electron chi connectivity index (χ2n) is 10.2. The van der Waals surface area contributed by atoms with Gasteiger partial charge in [0.15, 0.2) is 5.82 Å². The zero-order valence-electron chi connectivity index (χ0n) is 22.7. The molecule has 1 N–H and O–H groups in total. The SMILES string of the molecule is Cc1nc(-c2nn3c4cc(ncc24)Nc2ccnc(n2)-c2cnn(C)c2OCC[C@@H]3C)sc1CN1CCOCC1. The zero-order chi connectivity index (χ0) is 27.2. The molecule has 0 aliphatic carbocycles. The molecule has 0 radical (unpaired) electrons. The molecule has 1 atom stereocenters. The Balaban J connectivity index is 1.28. The van der Waals surface area contributed by atoms with Crippen LogP contribution in [-0.4, -0.2) is 77.3 Å². The summed E-state index contributed by atoms with van der Waals surface area (Å²) in [4.78, 5) is 22.5. The van der Waals surface area contributed by atoms with Crippen molar-refractivity contribution in [2.75, 3.05) is 38.2 Å². The number of nitrogens with zero attached hydrogens (tertiary/aromatic N) is 9. The molecule has 7 rings (SSSR count). The van der Waals surface area contributed by atoms with Gasteiger partial charge in [0.1, 0.15) is 27.9 Å². The van der Waals surface area contributed by atoms with Gasteiger partial charge in [0, 0.05) is 61.8 Å². The average Bonchev–Trinajstić information content (AvgIpc) is 3.64. The van der Waals surface area contributed by atoms with Crippen LogP contribution in [0.2, 0.25) is 0 Å². The number of fused-ring (bicyclic) bond motifs is 5. The number of hydrogen-bond donors (Lipinski definition) is 1. The number of nitrogens with one attached hydrogen (secondary N) is 1. The van der Waals surface area contributed by atoms with Crippen LogP contribution in [-0.2, 0) is 18.3 Å². The first-order valence-electron chi connectivity index (χ1n) is 13.4. The molecule has 0 unspecified atom stereocenters. The predicted octanol–water partition coefficient (Wildman–Crippen LogP) is 3.97. The van der Waals surface area contributed by atoms with Crippen LogP contribution in [0.4, 0.5) is 11.6 Å². The summed E-state index contributed by atoms with van der Waals surface area (Å²) >= 11 is 1.71.